The van der Waals surface area contributed by atoms with E-state index >= 15 is 0 Å². The Morgan fingerprint density at radius 1 is 1.47 bits per heavy atom. The average molecular weight is 261 g/mol. The molecule has 1 atom stereocenters. The third-order valence-electron chi connectivity index (χ3n) is 2.96. The highest BCUT2D eigenvalue weighted by Crippen LogP contribution is 2.21. The van der Waals surface area contributed by atoms with Gasteiger partial charge in [-0.1, -0.05) is 0 Å². The maximum absolute atomic E-state index is 11.2. The molecule has 0 aromatic carbocycles. The topological polar surface area (TPSA) is 108 Å². The van der Waals surface area contributed by atoms with Crippen molar-refractivity contribution in [2.24, 2.45) is 0 Å². The number of aromatic nitrogens is 4. The van der Waals surface area contributed by atoms with Crippen molar-refractivity contribution in [1.29, 1.82) is 0 Å². The highest BCUT2D eigenvalue weighted by molar-refractivity contribution is 5.88. The number of anilines is 2. The Bertz CT molecular complexity index is 608. The van der Waals surface area contributed by atoms with Gasteiger partial charge in [0.25, 0.3) is 0 Å². The Kier molecular flexibility index (Phi) is 2.90. The van der Waals surface area contributed by atoms with Crippen LogP contribution in [0.3, 0.4) is 0 Å². The summed E-state index contributed by atoms with van der Waals surface area (Å²) in [5.41, 5.74) is 0.672. The van der Waals surface area contributed by atoms with Crippen molar-refractivity contribution in [2.45, 2.75) is 19.4 Å². The van der Waals surface area contributed by atoms with E-state index in [-0.39, 0.29) is 11.9 Å². The van der Waals surface area contributed by atoms with Crippen molar-refractivity contribution >= 4 is 28.7 Å². The largest absolute Gasteiger partial charge is 0.364 e. The van der Waals surface area contributed by atoms with E-state index in [1.54, 1.807) is 6.20 Å². The molecule has 0 bridgehead atoms. The predicted molar refractivity (Wildman–Crippen MR) is 70.9 cm³/mol. The molecule has 1 fully saturated rings. The summed E-state index contributed by atoms with van der Waals surface area (Å²) in [4.78, 5) is 19.9. The van der Waals surface area contributed by atoms with E-state index in [1.807, 2.05) is 6.92 Å². The normalized spacial score (nSPS) is 18.6. The SMILES string of the molecule is CCNc1nc(NC2CNC(=O)C2)c2cn[nH]c2n1. The van der Waals surface area contributed by atoms with Crippen LogP contribution in [-0.4, -0.2) is 45.2 Å². The molecule has 4 N–H and O–H groups in total. The van der Waals surface area contributed by atoms with Crippen molar-refractivity contribution in [2.75, 3.05) is 23.7 Å². The summed E-state index contributed by atoms with van der Waals surface area (Å²) in [7, 11) is 0. The molecule has 0 saturated carbocycles. The number of carbonyl (C=O) groups excluding carboxylic acids is 1. The predicted octanol–water partition coefficient (Wildman–Crippen LogP) is 0.0851. The number of H-pyrrole nitrogens is 1. The van der Waals surface area contributed by atoms with E-state index in [2.05, 4.69) is 36.1 Å². The second-order valence-corrected chi connectivity index (χ2v) is 4.41. The Morgan fingerprint density at radius 2 is 2.37 bits per heavy atom. The molecular formula is C11H15N7O. The van der Waals surface area contributed by atoms with Crippen LogP contribution in [0, 0.1) is 0 Å². The second-order valence-electron chi connectivity index (χ2n) is 4.41. The van der Waals surface area contributed by atoms with Crippen LogP contribution in [0.5, 0.6) is 0 Å². The van der Waals surface area contributed by atoms with Gasteiger partial charge in [-0.15, -0.1) is 0 Å². The molecule has 19 heavy (non-hydrogen) atoms. The van der Waals surface area contributed by atoms with E-state index in [0.29, 0.717) is 30.4 Å². The third-order valence-corrected chi connectivity index (χ3v) is 2.96. The number of amides is 1. The molecule has 2 aromatic heterocycles. The third kappa shape index (κ3) is 2.28. The Balaban J connectivity index is 1.91. The lowest BCUT2D eigenvalue weighted by Gasteiger charge is -2.12. The highest BCUT2D eigenvalue weighted by Gasteiger charge is 2.22. The summed E-state index contributed by atoms with van der Waals surface area (Å²) < 4.78 is 0. The first kappa shape index (κ1) is 11.7. The van der Waals surface area contributed by atoms with Gasteiger partial charge < -0.3 is 16.0 Å². The van der Waals surface area contributed by atoms with Crippen LogP contribution in [0.15, 0.2) is 6.20 Å². The number of nitrogens with zero attached hydrogens (tertiary/aromatic N) is 3. The molecule has 1 aliphatic heterocycles. The van der Waals surface area contributed by atoms with Gasteiger partial charge in [0, 0.05) is 19.5 Å². The van der Waals surface area contributed by atoms with Crippen LogP contribution in [0.4, 0.5) is 11.8 Å². The van der Waals surface area contributed by atoms with E-state index < -0.39 is 0 Å². The molecule has 0 aliphatic carbocycles. The van der Waals surface area contributed by atoms with Crippen molar-refractivity contribution < 1.29 is 4.79 Å². The monoisotopic (exact) mass is 261 g/mol. The zero-order chi connectivity index (χ0) is 13.2. The minimum absolute atomic E-state index is 0.0509. The van der Waals surface area contributed by atoms with Crippen LogP contribution in [0.25, 0.3) is 11.0 Å². The van der Waals surface area contributed by atoms with Gasteiger partial charge in [0.1, 0.15) is 5.82 Å². The van der Waals surface area contributed by atoms with E-state index in [1.165, 1.54) is 0 Å². The van der Waals surface area contributed by atoms with Gasteiger partial charge in [-0.3, -0.25) is 9.89 Å². The molecule has 8 nitrogen and oxygen atoms in total. The molecule has 3 rings (SSSR count). The summed E-state index contributed by atoms with van der Waals surface area (Å²) in [5, 5.41) is 16.7. The number of aromatic amines is 1. The molecular weight excluding hydrogens is 246 g/mol. The highest BCUT2D eigenvalue weighted by atomic mass is 16.1. The molecule has 2 aromatic rings. The maximum atomic E-state index is 11.2. The van der Waals surface area contributed by atoms with Gasteiger partial charge in [-0.25, -0.2) is 0 Å². The molecule has 1 saturated heterocycles. The van der Waals surface area contributed by atoms with E-state index in [9.17, 15) is 4.79 Å². The fourth-order valence-corrected chi connectivity index (χ4v) is 2.08. The first-order valence-electron chi connectivity index (χ1n) is 6.24. The lowest BCUT2D eigenvalue weighted by molar-refractivity contribution is -0.119. The zero-order valence-electron chi connectivity index (χ0n) is 10.5. The molecule has 100 valence electrons. The first-order chi connectivity index (χ1) is 9.26. The summed E-state index contributed by atoms with van der Waals surface area (Å²) in [6.45, 7) is 3.33. The number of nitrogens with one attached hydrogen (secondary N) is 4. The first-order valence-corrected chi connectivity index (χ1v) is 6.24. The van der Waals surface area contributed by atoms with Crippen molar-refractivity contribution in [3.63, 3.8) is 0 Å². The quantitative estimate of drug-likeness (QED) is 0.621. The molecule has 3 heterocycles. The maximum Gasteiger partial charge on any atom is 0.226 e. The van der Waals surface area contributed by atoms with E-state index in [4.69, 9.17) is 0 Å². The van der Waals surface area contributed by atoms with Crippen LogP contribution in [-0.2, 0) is 4.79 Å². The van der Waals surface area contributed by atoms with Crippen LogP contribution in [0.2, 0.25) is 0 Å². The summed E-state index contributed by atoms with van der Waals surface area (Å²) in [6.07, 6.45) is 2.14. The van der Waals surface area contributed by atoms with Crippen LogP contribution < -0.4 is 16.0 Å². The van der Waals surface area contributed by atoms with Gasteiger partial charge in [0.2, 0.25) is 11.9 Å². The number of rotatable bonds is 4. The number of carbonyl (C=O) groups is 1. The molecule has 8 heteroatoms. The minimum Gasteiger partial charge on any atom is -0.364 e. The zero-order valence-corrected chi connectivity index (χ0v) is 10.5. The van der Waals surface area contributed by atoms with Gasteiger partial charge in [-0.2, -0.15) is 15.1 Å². The van der Waals surface area contributed by atoms with E-state index in [0.717, 1.165) is 11.9 Å². The molecule has 1 aliphatic rings. The van der Waals surface area contributed by atoms with Crippen molar-refractivity contribution in [3.8, 4) is 0 Å². The fourth-order valence-electron chi connectivity index (χ4n) is 2.08. The van der Waals surface area contributed by atoms with Gasteiger partial charge in [0.05, 0.1) is 17.6 Å². The molecule has 0 radical (unpaired) electrons. The Morgan fingerprint density at radius 3 is 3.11 bits per heavy atom. The Labute approximate surface area is 109 Å². The Hall–Kier alpha value is -2.38. The van der Waals surface area contributed by atoms with Gasteiger partial charge in [-0.05, 0) is 6.92 Å². The lowest BCUT2D eigenvalue weighted by atomic mass is 10.2. The van der Waals surface area contributed by atoms with Gasteiger partial charge in [0.15, 0.2) is 5.65 Å². The smallest absolute Gasteiger partial charge is 0.226 e. The lowest BCUT2D eigenvalue weighted by Crippen LogP contribution is -2.23. The number of hydrogen-bond acceptors (Lipinski definition) is 6. The van der Waals surface area contributed by atoms with Crippen molar-refractivity contribution in [3.05, 3.63) is 6.20 Å². The van der Waals surface area contributed by atoms with Gasteiger partial charge >= 0.3 is 0 Å². The van der Waals surface area contributed by atoms with Crippen LogP contribution >= 0.6 is 0 Å². The molecule has 1 unspecified atom stereocenters. The summed E-state index contributed by atoms with van der Waals surface area (Å²) >= 11 is 0. The molecule has 1 amide bonds. The minimum atomic E-state index is 0.0509. The summed E-state index contributed by atoms with van der Waals surface area (Å²) in [5.74, 6) is 1.29. The summed E-state index contributed by atoms with van der Waals surface area (Å²) in [6, 6.07) is 0.0509. The second kappa shape index (κ2) is 4.71. The number of fused-ring (bicyclic) bond motifs is 1. The number of hydrogen-bond donors (Lipinski definition) is 4. The fraction of sp³-hybridized carbons (Fsp3) is 0.455. The standard InChI is InChI=1S/C11H15N7O/c1-2-12-11-16-9(7-5-14-18-10(7)17-11)15-6-3-8(19)13-4-6/h5-6H,2-4H2,1H3,(H,13,19)(H3,12,14,15,16,17,18). The molecule has 0 spiro atoms. The van der Waals surface area contributed by atoms with Crippen LogP contribution in [0.1, 0.15) is 13.3 Å². The average Bonchev–Trinajstić information content (AvgIpc) is 2.99. The van der Waals surface area contributed by atoms with Crippen molar-refractivity contribution in [1.82, 2.24) is 25.5 Å².